The molecule has 0 aliphatic carbocycles. The molecule has 0 atom stereocenters. The minimum Gasteiger partial charge on any atom is -0.480 e. The van der Waals surface area contributed by atoms with Crippen LogP contribution in [0, 0.1) is 10.8 Å². The van der Waals surface area contributed by atoms with Gasteiger partial charge < -0.3 is 16.2 Å². The van der Waals surface area contributed by atoms with Gasteiger partial charge in [-0.25, -0.2) is 0 Å². The minimum atomic E-state index is -1.52. The lowest BCUT2D eigenvalue weighted by Crippen LogP contribution is -2.48. The molecule has 4 N–H and O–H groups in total. The van der Waals surface area contributed by atoms with Crippen LogP contribution in [0.15, 0.2) is 0 Å². The molecule has 16 heavy (non-hydrogen) atoms. The molecular formula is C10H18N2O4. The fourth-order valence-corrected chi connectivity index (χ4v) is 0.706. The van der Waals surface area contributed by atoms with Crippen molar-refractivity contribution in [1.82, 2.24) is 5.32 Å². The van der Waals surface area contributed by atoms with Gasteiger partial charge in [0.2, 0.25) is 11.8 Å². The zero-order chi connectivity index (χ0) is 13.1. The third-order valence-electron chi connectivity index (χ3n) is 2.46. The van der Waals surface area contributed by atoms with Crippen molar-refractivity contribution in [3.63, 3.8) is 0 Å². The second-order valence-corrected chi connectivity index (χ2v) is 4.86. The Morgan fingerprint density at radius 1 is 1.19 bits per heavy atom. The van der Waals surface area contributed by atoms with Gasteiger partial charge in [0.15, 0.2) is 0 Å². The van der Waals surface area contributed by atoms with Gasteiger partial charge >= 0.3 is 5.97 Å². The van der Waals surface area contributed by atoms with Crippen LogP contribution < -0.4 is 11.1 Å². The van der Waals surface area contributed by atoms with Gasteiger partial charge in [0.1, 0.15) is 5.41 Å². The van der Waals surface area contributed by atoms with E-state index < -0.39 is 28.6 Å². The van der Waals surface area contributed by atoms with Crippen LogP contribution in [-0.2, 0) is 14.4 Å². The first-order valence-corrected chi connectivity index (χ1v) is 4.83. The molecule has 6 nitrogen and oxygen atoms in total. The van der Waals surface area contributed by atoms with Gasteiger partial charge in [-0.3, -0.25) is 14.4 Å². The summed E-state index contributed by atoms with van der Waals surface area (Å²) in [6.45, 7) is 5.74. The molecule has 92 valence electrons. The molecule has 0 unspecified atom stereocenters. The van der Waals surface area contributed by atoms with E-state index in [1.807, 2.05) is 0 Å². The van der Waals surface area contributed by atoms with Gasteiger partial charge in [-0.15, -0.1) is 0 Å². The van der Waals surface area contributed by atoms with Crippen LogP contribution in [0.1, 0.15) is 27.7 Å². The summed E-state index contributed by atoms with van der Waals surface area (Å²) in [5.74, 6) is -2.42. The highest BCUT2D eigenvalue weighted by Gasteiger charge is 2.37. The van der Waals surface area contributed by atoms with E-state index in [4.69, 9.17) is 10.8 Å². The molecule has 2 amide bonds. The number of carboxylic acid groups (broad SMARTS) is 1. The van der Waals surface area contributed by atoms with Gasteiger partial charge in [-0.05, 0) is 27.7 Å². The van der Waals surface area contributed by atoms with E-state index in [9.17, 15) is 14.4 Å². The van der Waals surface area contributed by atoms with Crippen molar-refractivity contribution in [1.29, 1.82) is 0 Å². The Morgan fingerprint density at radius 2 is 1.62 bits per heavy atom. The first kappa shape index (κ1) is 14.4. The second kappa shape index (κ2) is 4.51. The van der Waals surface area contributed by atoms with E-state index in [0.717, 1.165) is 0 Å². The number of nitrogens with one attached hydrogen (secondary N) is 1. The normalized spacial score (nSPS) is 12.0. The van der Waals surface area contributed by atoms with E-state index in [-0.39, 0.29) is 6.54 Å². The molecular weight excluding hydrogens is 212 g/mol. The molecule has 0 aromatic rings. The average Bonchev–Trinajstić information content (AvgIpc) is 2.13. The van der Waals surface area contributed by atoms with Crippen LogP contribution in [0.4, 0.5) is 0 Å². The Morgan fingerprint density at radius 3 is 1.94 bits per heavy atom. The van der Waals surface area contributed by atoms with E-state index in [1.165, 1.54) is 13.8 Å². The molecule has 0 radical (unpaired) electrons. The third-order valence-corrected chi connectivity index (χ3v) is 2.46. The van der Waals surface area contributed by atoms with Crippen molar-refractivity contribution in [2.75, 3.05) is 6.54 Å². The standard InChI is InChI=1S/C10H18N2O4/c1-9(2,6(11)13)5-12-7(14)10(3,4)8(15)16/h5H2,1-4H3,(H2,11,13)(H,12,14)(H,15,16). The average molecular weight is 230 g/mol. The van der Waals surface area contributed by atoms with Crippen molar-refractivity contribution >= 4 is 17.8 Å². The maximum Gasteiger partial charge on any atom is 0.318 e. The molecule has 0 saturated carbocycles. The van der Waals surface area contributed by atoms with Gasteiger partial charge in [0, 0.05) is 6.54 Å². The monoisotopic (exact) mass is 230 g/mol. The first-order valence-electron chi connectivity index (χ1n) is 4.83. The Bertz CT molecular complexity index is 321. The predicted octanol–water partition coefficient (Wildman–Crippen LogP) is -0.275. The Kier molecular flexibility index (Phi) is 4.06. The van der Waals surface area contributed by atoms with Crippen molar-refractivity contribution < 1.29 is 19.5 Å². The number of primary amides is 1. The number of hydrogen-bond acceptors (Lipinski definition) is 3. The summed E-state index contributed by atoms with van der Waals surface area (Å²) >= 11 is 0. The van der Waals surface area contributed by atoms with Crippen LogP contribution in [0.25, 0.3) is 0 Å². The lowest BCUT2D eigenvalue weighted by atomic mass is 9.89. The van der Waals surface area contributed by atoms with Gasteiger partial charge in [0.25, 0.3) is 0 Å². The highest BCUT2D eigenvalue weighted by atomic mass is 16.4. The summed E-state index contributed by atoms with van der Waals surface area (Å²) in [6.07, 6.45) is 0. The van der Waals surface area contributed by atoms with Crippen molar-refractivity contribution in [3.8, 4) is 0 Å². The minimum absolute atomic E-state index is 0.0118. The summed E-state index contributed by atoms with van der Waals surface area (Å²) in [5, 5.41) is 11.2. The van der Waals surface area contributed by atoms with Gasteiger partial charge in [-0.1, -0.05) is 0 Å². The molecule has 0 aromatic carbocycles. The fourth-order valence-electron chi connectivity index (χ4n) is 0.706. The van der Waals surface area contributed by atoms with Gasteiger partial charge in [-0.2, -0.15) is 0 Å². The smallest absolute Gasteiger partial charge is 0.318 e. The Hall–Kier alpha value is -1.59. The number of carboxylic acids is 1. The third kappa shape index (κ3) is 3.22. The van der Waals surface area contributed by atoms with Crippen LogP contribution in [0.3, 0.4) is 0 Å². The number of carbonyl (C=O) groups is 3. The molecule has 6 heteroatoms. The fraction of sp³-hybridized carbons (Fsp3) is 0.700. The zero-order valence-corrected chi connectivity index (χ0v) is 9.96. The van der Waals surface area contributed by atoms with Crippen molar-refractivity contribution in [2.45, 2.75) is 27.7 Å². The number of carbonyl (C=O) groups excluding carboxylic acids is 2. The molecule has 0 aromatic heterocycles. The van der Waals surface area contributed by atoms with E-state index in [0.29, 0.717) is 0 Å². The van der Waals surface area contributed by atoms with E-state index in [1.54, 1.807) is 13.8 Å². The Balaban J connectivity index is 4.51. The van der Waals surface area contributed by atoms with Gasteiger partial charge in [0.05, 0.1) is 5.41 Å². The van der Waals surface area contributed by atoms with Crippen molar-refractivity contribution in [3.05, 3.63) is 0 Å². The maximum atomic E-state index is 11.5. The number of aliphatic carboxylic acids is 1. The summed E-state index contributed by atoms with van der Waals surface area (Å²) in [4.78, 5) is 33.3. The molecule has 0 rings (SSSR count). The van der Waals surface area contributed by atoms with Crippen molar-refractivity contribution in [2.24, 2.45) is 16.6 Å². The summed E-state index contributed by atoms with van der Waals surface area (Å²) < 4.78 is 0. The highest BCUT2D eigenvalue weighted by molar-refractivity contribution is 6.01. The molecule has 0 aliphatic heterocycles. The number of nitrogens with two attached hydrogens (primary N) is 1. The molecule has 0 bridgehead atoms. The molecule has 0 heterocycles. The summed E-state index contributed by atoms with van der Waals surface area (Å²) in [6, 6.07) is 0. The highest BCUT2D eigenvalue weighted by Crippen LogP contribution is 2.17. The quantitative estimate of drug-likeness (QED) is 0.564. The topological polar surface area (TPSA) is 109 Å². The molecule has 0 saturated heterocycles. The van der Waals surface area contributed by atoms with Crippen LogP contribution >= 0.6 is 0 Å². The summed E-state index contributed by atoms with van der Waals surface area (Å²) in [5.41, 5.74) is 2.70. The maximum absolute atomic E-state index is 11.5. The SMILES string of the molecule is CC(C)(CNC(=O)C(C)(C)C(=O)O)C(N)=O. The largest absolute Gasteiger partial charge is 0.480 e. The Labute approximate surface area is 94.2 Å². The first-order chi connectivity index (χ1) is 7.01. The van der Waals surface area contributed by atoms with Crippen LogP contribution in [0.5, 0.6) is 0 Å². The second-order valence-electron chi connectivity index (χ2n) is 4.86. The molecule has 0 spiro atoms. The van der Waals surface area contributed by atoms with Crippen LogP contribution in [0.2, 0.25) is 0 Å². The summed E-state index contributed by atoms with van der Waals surface area (Å²) in [7, 11) is 0. The lowest BCUT2D eigenvalue weighted by molar-refractivity contribution is -0.153. The zero-order valence-electron chi connectivity index (χ0n) is 9.96. The predicted molar refractivity (Wildman–Crippen MR) is 57.4 cm³/mol. The van der Waals surface area contributed by atoms with E-state index in [2.05, 4.69) is 5.32 Å². The number of rotatable bonds is 5. The van der Waals surface area contributed by atoms with Crippen LogP contribution in [-0.4, -0.2) is 29.4 Å². The van der Waals surface area contributed by atoms with E-state index >= 15 is 0 Å². The lowest BCUT2D eigenvalue weighted by Gasteiger charge is -2.24. The molecule has 0 aliphatic rings. The molecule has 0 fully saturated rings. The number of amides is 2. The number of hydrogen-bond donors (Lipinski definition) is 3.